The molecule has 0 heterocycles. The monoisotopic (exact) mass is 277 g/mol. The van der Waals surface area contributed by atoms with Crippen LogP contribution in [-0.2, 0) is 16.1 Å². The van der Waals surface area contributed by atoms with Crippen LogP contribution in [0.1, 0.15) is 32.8 Å². The zero-order valence-corrected chi connectivity index (χ0v) is 12.6. The van der Waals surface area contributed by atoms with E-state index in [9.17, 15) is 9.59 Å². The van der Waals surface area contributed by atoms with E-state index in [0.29, 0.717) is 6.54 Å². The molecule has 1 aromatic rings. The third-order valence-electron chi connectivity index (χ3n) is 2.85. The molecule has 0 radical (unpaired) electrons. The fourth-order valence-corrected chi connectivity index (χ4v) is 1.76. The van der Waals surface area contributed by atoms with Gasteiger partial charge >= 0.3 is 0 Å². The number of carbonyl (C=O) groups excluding carboxylic acids is 2. The molecule has 0 aliphatic rings. The van der Waals surface area contributed by atoms with Gasteiger partial charge in [0.15, 0.2) is 0 Å². The number of para-hydroxylation sites is 1. The second-order valence-electron chi connectivity index (χ2n) is 5.75. The maximum Gasteiger partial charge on any atom is 0.226 e. The molecule has 2 amide bonds. The summed E-state index contributed by atoms with van der Waals surface area (Å²) in [7, 11) is 1.73. The lowest BCUT2D eigenvalue weighted by Crippen LogP contribution is -2.36. The summed E-state index contributed by atoms with van der Waals surface area (Å²) in [5.74, 6) is -0.148. The van der Waals surface area contributed by atoms with Crippen LogP contribution < -0.4 is 11.1 Å². The minimum Gasteiger partial charge on any atom is -0.342 e. The Hall–Kier alpha value is -1.88. The number of amides is 2. The lowest BCUT2D eigenvalue weighted by Gasteiger charge is -2.20. The standard InChI is InChI=1S/C15H23N3O2/c1-11(19)18(4)10-12-7-5-6-8-13(12)17-14(20)9-15(2,3)16/h5-8H,9-10,16H2,1-4H3,(H,17,20). The molecule has 0 unspecified atom stereocenters. The average Bonchev–Trinajstić information content (AvgIpc) is 2.28. The number of nitrogens with two attached hydrogens (primary N) is 1. The van der Waals surface area contributed by atoms with Crippen molar-refractivity contribution >= 4 is 17.5 Å². The van der Waals surface area contributed by atoms with Crippen molar-refractivity contribution < 1.29 is 9.59 Å². The van der Waals surface area contributed by atoms with E-state index in [4.69, 9.17) is 5.73 Å². The Morgan fingerprint density at radius 3 is 2.45 bits per heavy atom. The largest absolute Gasteiger partial charge is 0.342 e. The molecule has 5 nitrogen and oxygen atoms in total. The molecule has 0 aliphatic heterocycles. The van der Waals surface area contributed by atoms with Crippen molar-refractivity contribution in [2.45, 2.75) is 39.3 Å². The van der Waals surface area contributed by atoms with E-state index in [1.54, 1.807) is 11.9 Å². The van der Waals surface area contributed by atoms with Crippen LogP contribution in [0.25, 0.3) is 0 Å². The van der Waals surface area contributed by atoms with Gasteiger partial charge in [0.05, 0.1) is 0 Å². The van der Waals surface area contributed by atoms with Crippen LogP contribution in [0.3, 0.4) is 0 Å². The molecule has 0 fully saturated rings. The second-order valence-corrected chi connectivity index (χ2v) is 5.75. The number of benzene rings is 1. The summed E-state index contributed by atoms with van der Waals surface area (Å²) in [6.07, 6.45) is 0.240. The zero-order chi connectivity index (χ0) is 15.3. The summed E-state index contributed by atoms with van der Waals surface area (Å²) in [6.45, 7) is 5.58. The van der Waals surface area contributed by atoms with Crippen LogP contribution in [0.5, 0.6) is 0 Å². The highest BCUT2D eigenvalue weighted by Crippen LogP contribution is 2.18. The highest BCUT2D eigenvalue weighted by Gasteiger charge is 2.17. The lowest BCUT2D eigenvalue weighted by atomic mass is 10.0. The van der Waals surface area contributed by atoms with Crippen molar-refractivity contribution in [3.05, 3.63) is 29.8 Å². The molecule has 1 aromatic carbocycles. The van der Waals surface area contributed by atoms with Crippen molar-refractivity contribution in [1.29, 1.82) is 0 Å². The fourth-order valence-electron chi connectivity index (χ4n) is 1.76. The van der Waals surface area contributed by atoms with Gasteiger partial charge in [-0.2, -0.15) is 0 Å². The van der Waals surface area contributed by atoms with E-state index in [2.05, 4.69) is 5.32 Å². The van der Waals surface area contributed by atoms with Crippen molar-refractivity contribution in [2.24, 2.45) is 5.73 Å². The van der Waals surface area contributed by atoms with Crippen molar-refractivity contribution in [3.63, 3.8) is 0 Å². The minimum absolute atomic E-state index is 0.0192. The number of nitrogens with zero attached hydrogens (tertiary/aromatic N) is 1. The summed E-state index contributed by atoms with van der Waals surface area (Å²) in [4.78, 5) is 24.8. The predicted molar refractivity (Wildman–Crippen MR) is 80.1 cm³/mol. The van der Waals surface area contributed by atoms with Crippen molar-refractivity contribution in [2.75, 3.05) is 12.4 Å². The van der Waals surface area contributed by atoms with E-state index in [-0.39, 0.29) is 18.2 Å². The first-order valence-electron chi connectivity index (χ1n) is 6.57. The molecule has 0 spiro atoms. The van der Waals surface area contributed by atoms with E-state index in [1.807, 2.05) is 38.1 Å². The van der Waals surface area contributed by atoms with Crippen molar-refractivity contribution in [3.8, 4) is 0 Å². The van der Waals surface area contributed by atoms with Crippen LogP contribution in [0.15, 0.2) is 24.3 Å². The number of nitrogens with one attached hydrogen (secondary N) is 1. The summed E-state index contributed by atoms with van der Waals surface area (Å²) in [5.41, 5.74) is 6.90. The van der Waals surface area contributed by atoms with E-state index in [0.717, 1.165) is 11.3 Å². The highest BCUT2D eigenvalue weighted by atomic mass is 16.2. The molecule has 1 rings (SSSR count). The molecule has 5 heteroatoms. The maximum absolute atomic E-state index is 11.9. The Labute approximate surface area is 120 Å². The van der Waals surface area contributed by atoms with Crippen LogP contribution in [0.4, 0.5) is 5.69 Å². The van der Waals surface area contributed by atoms with Crippen LogP contribution in [0, 0.1) is 0 Å². The third-order valence-corrected chi connectivity index (χ3v) is 2.85. The van der Waals surface area contributed by atoms with Gasteiger partial charge in [0.1, 0.15) is 0 Å². The van der Waals surface area contributed by atoms with Gasteiger partial charge in [-0.25, -0.2) is 0 Å². The maximum atomic E-state index is 11.9. The number of hydrogen-bond acceptors (Lipinski definition) is 3. The zero-order valence-electron chi connectivity index (χ0n) is 12.6. The molecule has 0 bridgehead atoms. The topological polar surface area (TPSA) is 75.4 Å². The Balaban J connectivity index is 2.80. The second kappa shape index (κ2) is 6.52. The normalized spacial score (nSPS) is 11.1. The Bertz CT molecular complexity index is 492. The molecule has 0 saturated carbocycles. The average molecular weight is 277 g/mol. The minimum atomic E-state index is -0.546. The SMILES string of the molecule is CC(=O)N(C)Cc1ccccc1NC(=O)CC(C)(C)N. The molecule has 0 atom stereocenters. The number of carbonyl (C=O) groups is 2. The molecular formula is C15H23N3O2. The lowest BCUT2D eigenvalue weighted by molar-refractivity contribution is -0.128. The van der Waals surface area contributed by atoms with Gasteiger partial charge in [0.25, 0.3) is 0 Å². The van der Waals surface area contributed by atoms with Gasteiger partial charge in [0, 0.05) is 38.2 Å². The summed E-state index contributed by atoms with van der Waals surface area (Å²) in [5, 5.41) is 2.85. The third kappa shape index (κ3) is 5.40. The van der Waals surface area contributed by atoms with Crippen LogP contribution in [-0.4, -0.2) is 29.3 Å². The van der Waals surface area contributed by atoms with Gasteiger partial charge in [-0.15, -0.1) is 0 Å². The number of hydrogen-bond donors (Lipinski definition) is 2. The van der Waals surface area contributed by atoms with Gasteiger partial charge in [-0.3, -0.25) is 9.59 Å². The number of anilines is 1. The highest BCUT2D eigenvalue weighted by molar-refractivity contribution is 5.92. The quantitative estimate of drug-likeness (QED) is 0.860. The molecule has 20 heavy (non-hydrogen) atoms. The molecule has 3 N–H and O–H groups in total. The first-order chi connectivity index (χ1) is 9.19. The van der Waals surface area contributed by atoms with Crippen LogP contribution in [0.2, 0.25) is 0 Å². The van der Waals surface area contributed by atoms with Crippen LogP contribution >= 0.6 is 0 Å². The molecule has 0 aliphatic carbocycles. The van der Waals surface area contributed by atoms with E-state index < -0.39 is 5.54 Å². The Kier molecular flexibility index (Phi) is 5.27. The molecule has 110 valence electrons. The fraction of sp³-hybridized carbons (Fsp3) is 0.467. The van der Waals surface area contributed by atoms with E-state index >= 15 is 0 Å². The first-order valence-corrected chi connectivity index (χ1v) is 6.57. The predicted octanol–water partition coefficient (Wildman–Crippen LogP) is 1.73. The summed E-state index contributed by atoms with van der Waals surface area (Å²) >= 11 is 0. The summed E-state index contributed by atoms with van der Waals surface area (Å²) in [6, 6.07) is 7.44. The Morgan fingerprint density at radius 1 is 1.30 bits per heavy atom. The van der Waals surface area contributed by atoms with Gasteiger partial charge in [-0.1, -0.05) is 18.2 Å². The smallest absolute Gasteiger partial charge is 0.226 e. The Morgan fingerprint density at radius 2 is 1.90 bits per heavy atom. The van der Waals surface area contributed by atoms with Gasteiger partial charge < -0.3 is 16.0 Å². The van der Waals surface area contributed by atoms with Gasteiger partial charge in [-0.05, 0) is 25.5 Å². The first kappa shape index (κ1) is 16.2. The van der Waals surface area contributed by atoms with Gasteiger partial charge in [0.2, 0.25) is 11.8 Å². The van der Waals surface area contributed by atoms with E-state index in [1.165, 1.54) is 6.92 Å². The molecular weight excluding hydrogens is 254 g/mol. The summed E-state index contributed by atoms with van der Waals surface area (Å²) < 4.78 is 0. The van der Waals surface area contributed by atoms with Crippen molar-refractivity contribution in [1.82, 2.24) is 4.90 Å². The number of rotatable bonds is 5. The molecule has 0 saturated heterocycles. The molecule has 0 aromatic heterocycles.